The van der Waals surface area contributed by atoms with Gasteiger partial charge >= 0.3 is 0 Å². The lowest BCUT2D eigenvalue weighted by atomic mass is 10.3. The highest BCUT2D eigenvalue weighted by molar-refractivity contribution is 5.93. The summed E-state index contributed by atoms with van der Waals surface area (Å²) in [4.78, 5) is 15.6. The Kier molecular flexibility index (Phi) is 6.29. The van der Waals surface area contributed by atoms with Gasteiger partial charge in [-0.25, -0.2) is 27.1 Å². The van der Waals surface area contributed by atoms with Crippen LogP contribution < -0.4 is 5.32 Å². The Labute approximate surface area is 141 Å². The lowest BCUT2D eigenvalue weighted by Crippen LogP contribution is -2.26. The van der Waals surface area contributed by atoms with Crippen LogP contribution in [-0.4, -0.2) is 39.8 Å². The molecule has 2 aromatic heterocycles. The van der Waals surface area contributed by atoms with Crippen molar-refractivity contribution in [1.82, 2.24) is 19.9 Å². The van der Waals surface area contributed by atoms with Gasteiger partial charge in [0.15, 0.2) is 11.3 Å². The highest BCUT2D eigenvalue weighted by Gasteiger charge is 2.21. The van der Waals surface area contributed by atoms with Crippen molar-refractivity contribution in [2.75, 3.05) is 13.2 Å². The molecule has 0 radical (unpaired) electrons. The van der Waals surface area contributed by atoms with Gasteiger partial charge in [-0.15, -0.1) is 0 Å². The van der Waals surface area contributed by atoms with Crippen LogP contribution in [0, 0.1) is 0 Å². The van der Waals surface area contributed by atoms with E-state index in [4.69, 9.17) is 4.74 Å². The summed E-state index contributed by atoms with van der Waals surface area (Å²) in [7, 11) is 0. The maximum atomic E-state index is 13.1. The van der Waals surface area contributed by atoms with Gasteiger partial charge < -0.3 is 10.1 Å². The molecule has 6 nitrogen and oxygen atoms in total. The second kappa shape index (κ2) is 8.24. The van der Waals surface area contributed by atoms with Crippen molar-refractivity contribution in [2.24, 2.45) is 0 Å². The van der Waals surface area contributed by atoms with Gasteiger partial charge in [0.1, 0.15) is 11.4 Å². The average molecular weight is 362 g/mol. The van der Waals surface area contributed by atoms with Gasteiger partial charge in [0.25, 0.3) is 18.8 Å². The van der Waals surface area contributed by atoms with Crippen LogP contribution in [0.2, 0.25) is 0 Å². The number of nitrogens with one attached hydrogen (secondary N) is 1. The maximum Gasteiger partial charge on any atom is 0.280 e. The summed E-state index contributed by atoms with van der Waals surface area (Å²) >= 11 is 0. The fourth-order valence-corrected chi connectivity index (χ4v) is 2.08. The molecule has 0 aliphatic rings. The number of alkyl halides is 4. The first-order valence-electron chi connectivity index (χ1n) is 7.66. The van der Waals surface area contributed by atoms with E-state index in [1.54, 1.807) is 0 Å². The summed E-state index contributed by atoms with van der Waals surface area (Å²) in [6.45, 7) is 4.53. The second-order valence-corrected chi connectivity index (χ2v) is 5.54. The van der Waals surface area contributed by atoms with Gasteiger partial charge in [-0.2, -0.15) is 5.10 Å². The van der Waals surface area contributed by atoms with Crippen LogP contribution >= 0.6 is 0 Å². The fourth-order valence-electron chi connectivity index (χ4n) is 2.08. The first kappa shape index (κ1) is 19.1. The Balaban J connectivity index is 2.14. The highest BCUT2D eigenvalue weighted by Crippen LogP contribution is 2.25. The molecule has 25 heavy (non-hydrogen) atoms. The van der Waals surface area contributed by atoms with Crippen LogP contribution in [0.5, 0.6) is 0 Å². The molecule has 0 spiro atoms. The third-order valence-corrected chi connectivity index (χ3v) is 3.21. The predicted molar refractivity (Wildman–Crippen MR) is 80.9 cm³/mol. The number of halogens is 4. The molecule has 0 saturated carbocycles. The summed E-state index contributed by atoms with van der Waals surface area (Å²) in [5, 5.41) is 6.31. The summed E-state index contributed by atoms with van der Waals surface area (Å²) in [6.07, 6.45) is -5.40. The molecule has 2 rings (SSSR count). The van der Waals surface area contributed by atoms with E-state index in [9.17, 15) is 22.4 Å². The number of hydrogen-bond donors (Lipinski definition) is 1. The van der Waals surface area contributed by atoms with Crippen molar-refractivity contribution >= 4 is 11.6 Å². The molecule has 0 aliphatic heterocycles. The Morgan fingerprint density at radius 1 is 1.24 bits per heavy atom. The summed E-state index contributed by atoms with van der Waals surface area (Å²) < 4.78 is 57.7. The number of amides is 1. The zero-order valence-electron chi connectivity index (χ0n) is 13.7. The monoisotopic (exact) mass is 362 g/mol. The van der Waals surface area contributed by atoms with Crippen LogP contribution in [0.1, 0.15) is 55.0 Å². The van der Waals surface area contributed by atoms with Gasteiger partial charge in [-0.05, 0) is 26.3 Å². The number of rotatable bonds is 8. The minimum atomic E-state index is -3.04. The summed E-state index contributed by atoms with van der Waals surface area (Å²) in [5.74, 6) is -0.603. The van der Waals surface area contributed by atoms with E-state index < -0.39 is 30.1 Å². The van der Waals surface area contributed by atoms with Crippen LogP contribution in [0.3, 0.4) is 0 Å². The van der Waals surface area contributed by atoms with Crippen LogP contribution in [0.4, 0.5) is 17.6 Å². The minimum absolute atomic E-state index is 0.0806. The van der Waals surface area contributed by atoms with Gasteiger partial charge in [-0.1, -0.05) is 0 Å². The van der Waals surface area contributed by atoms with E-state index in [1.807, 2.05) is 13.8 Å². The molecule has 0 bridgehead atoms. The molecule has 1 amide bonds. The van der Waals surface area contributed by atoms with Gasteiger partial charge in [0, 0.05) is 19.2 Å². The second-order valence-electron chi connectivity index (χ2n) is 5.54. The molecule has 2 aromatic rings. The Morgan fingerprint density at radius 3 is 2.56 bits per heavy atom. The fraction of sp³-hybridized carbons (Fsp3) is 0.533. The Bertz CT molecular complexity index is 734. The molecule has 1 N–H and O–H groups in total. The van der Waals surface area contributed by atoms with Gasteiger partial charge in [0.05, 0.1) is 6.10 Å². The predicted octanol–water partition coefficient (Wildman–Crippen LogP) is 3.15. The average Bonchev–Trinajstić information content (AvgIpc) is 2.96. The highest BCUT2D eigenvalue weighted by atomic mass is 19.3. The van der Waals surface area contributed by atoms with E-state index in [0.717, 1.165) is 6.07 Å². The molecule has 0 saturated heterocycles. The molecule has 0 unspecified atom stereocenters. The molecule has 10 heteroatoms. The standard InChI is InChI=1S/C15H18F4N4O2/c1-8(2)25-5-3-4-20-15(24)10-7-12-21-9(13(16)17)6-11(14(18)19)23(12)22-10/h6-8,13-14H,3-5H2,1-2H3,(H,20,24). The Morgan fingerprint density at radius 2 is 1.96 bits per heavy atom. The van der Waals surface area contributed by atoms with E-state index in [1.165, 1.54) is 0 Å². The van der Waals surface area contributed by atoms with Crippen molar-refractivity contribution in [3.8, 4) is 0 Å². The van der Waals surface area contributed by atoms with Crippen LogP contribution in [0.15, 0.2) is 12.1 Å². The smallest absolute Gasteiger partial charge is 0.280 e. The topological polar surface area (TPSA) is 68.5 Å². The number of hydrogen-bond acceptors (Lipinski definition) is 4. The van der Waals surface area contributed by atoms with Crippen LogP contribution in [-0.2, 0) is 4.74 Å². The van der Waals surface area contributed by atoms with E-state index in [0.29, 0.717) is 30.2 Å². The molecular formula is C15H18F4N4O2. The third kappa shape index (κ3) is 4.88. The SMILES string of the molecule is CC(C)OCCCNC(=O)c1cc2nc(C(F)F)cc(C(F)F)n2n1. The molecule has 138 valence electrons. The number of nitrogens with zero attached hydrogens (tertiary/aromatic N) is 3. The number of carbonyl (C=O) groups is 1. The minimum Gasteiger partial charge on any atom is -0.379 e. The van der Waals surface area contributed by atoms with E-state index >= 15 is 0 Å². The van der Waals surface area contributed by atoms with Crippen molar-refractivity contribution in [1.29, 1.82) is 0 Å². The Hall–Kier alpha value is -2.23. The van der Waals surface area contributed by atoms with Crippen molar-refractivity contribution in [3.63, 3.8) is 0 Å². The molecule has 0 aliphatic carbocycles. The van der Waals surface area contributed by atoms with E-state index in [-0.39, 0.29) is 17.4 Å². The molecule has 0 atom stereocenters. The maximum absolute atomic E-state index is 13.1. The molecule has 2 heterocycles. The zero-order valence-corrected chi connectivity index (χ0v) is 13.7. The molecule has 0 aromatic carbocycles. The molecule has 0 fully saturated rings. The summed E-state index contributed by atoms with van der Waals surface area (Å²) in [6, 6.07) is 1.68. The lowest BCUT2D eigenvalue weighted by molar-refractivity contribution is 0.0756. The first-order chi connectivity index (χ1) is 11.8. The molecular weight excluding hydrogens is 344 g/mol. The van der Waals surface area contributed by atoms with Gasteiger partial charge in [0.2, 0.25) is 0 Å². The first-order valence-corrected chi connectivity index (χ1v) is 7.66. The van der Waals surface area contributed by atoms with E-state index in [2.05, 4.69) is 15.4 Å². The zero-order chi connectivity index (χ0) is 18.6. The largest absolute Gasteiger partial charge is 0.379 e. The van der Waals surface area contributed by atoms with Crippen molar-refractivity contribution < 1.29 is 27.1 Å². The normalized spacial score (nSPS) is 11.9. The summed E-state index contributed by atoms with van der Waals surface area (Å²) in [5.41, 5.74) is -1.95. The van der Waals surface area contributed by atoms with Crippen LogP contribution in [0.25, 0.3) is 5.65 Å². The number of carbonyl (C=O) groups excluding carboxylic acids is 1. The number of aromatic nitrogens is 3. The van der Waals surface area contributed by atoms with Crippen molar-refractivity contribution in [3.05, 3.63) is 29.2 Å². The number of ether oxygens (including phenoxy) is 1. The third-order valence-electron chi connectivity index (χ3n) is 3.21. The quantitative estimate of drug-likeness (QED) is 0.579. The number of fused-ring (bicyclic) bond motifs is 1. The van der Waals surface area contributed by atoms with Crippen molar-refractivity contribution in [2.45, 2.75) is 39.2 Å². The van der Waals surface area contributed by atoms with Gasteiger partial charge in [-0.3, -0.25) is 4.79 Å². The lowest BCUT2D eigenvalue weighted by Gasteiger charge is -2.07.